The summed E-state index contributed by atoms with van der Waals surface area (Å²) in [5, 5.41) is 0. The number of fused-ring (bicyclic) bond motifs is 1. The normalized spacial score (nSPS) is 22.0. The standard InChI is InChI=1S/C14H16N2O3/c15-14-13-9(7-12(17)16-14)3-1-5-11(13)19-8-10-4-2-6-18-10/h1,3,5,10H,2,4,6-8H2,(H2,15,16,17). The molecule has 0 aliphatic carbocycles. The Morgan fingerprint density at radius 2 is 2.37 bits per heavy atom. The van der Waals surface area contributed by atoms with E-state index in [2.05, 4.69) is 4.99 Å². The van der Waals surface area contributed by atoms with Gasteiger partial charge in [-0.1, -0.05) is 12.1 Å². The molecule has 5 nitrogen and oxygen atoms in total. The summed E-state index contributed by atoms with van der Waals surface area (Å²) in [5.41, 5.74) is 7.47. The predicted molar refractivity (Wildman–Crippen MR) is 70.3 cm³/mol. The van der Waals surface area contributed by atoms with Gasteiger partial charge in [0.1, 0.15) is 18.2 Å². The van der Waals surface area contributed by atoms with Gasteiger partial charge >= 0.3 is 0 Å². The highest BCUT2D eigenvalue weighted by Crippen LogP contribution is 2.26. The van der Waals surface area contributed by atoms with Crippen molar-refractivity contribution in [2.45, 2.75) is 25.4 Å². The Balaban J connectivity index is 1.81. The first-order valence-electron chi connectivity index (χ1n) is 6.47. The molecule has 100 valence electrons. The lowest BCUT2D eigenvalue weighted by Gasteiger charge is -2.18. The number of nitrogens with two attached hydrogens (primary N) is 1. The first kappa shape index (κ1) is 12.2. The van der Waals surface area contributed by atoms with Crippen molar-refractivity contribution in [1.82, 2.24) is 0 Å². The fraction of sp³-hybridized carbons (Fsp3) is 0.429. The molecular weight excluding hydrogens is 244 g/mol. The molecule has 19 heavy (non-hydrogen) atoms. The van der Waals surface area contributed by atoms with E-state index < -0.39 is 0 Å². The van der Waals surface area contributed by atoms with E-state index >= 15 is 0 Å². The lowest BCUT2D eigenvalue weighted by Crippen LogP contribution is -2.25. The highest BCUT2D eigenvalue weighted by molar-refractivity contribution is 6.10. The molecule has 1 saturated heterocycles. The molecule has 3 rings (SSSR count). The second-order valence-electron chi connectivity index (χ2n) is 4.80. The first-order valence-corrected chi connectivity index (χ1v) is 6.47. The van der Waals surface area contributed by atoms with Crippen LogP contribution in [0.4, 0.5) is 0 Å². The molecule has 0 aromatic heterocycles. The Kier molecular flexibility index (Phi) is 3.21. The third-order valence-electron chi connectivity index (χ3n) is 3.40. The molecule has 1 fully saturated rings. The number of hydrogen-bond donors (Lipinski definition) is 1. The molecule has 1 unspecified atom stereocenters. The fourth-order valence-corrected chi connectivity index (χ4v) is 2.49. The molecule has 1 atom stereocenters. The maximum absolute atomic E-state index is 11.4. The fourth-order valence-electron chi connectivity index (χ4n) is 2.49. The summed E-state index contributed by atoms with van der Waals surface area (Å²) in [4.78, 5) is 15.2. The van der Waals surface area contributed by atoms with Crippen LogP contribution in [0.25, 0.3) is 0 Å². The minimum Gasteiger partial charge on any atom is -0.490 e. The van der Waals surface area contributed by atoms with Crippen molar-refractivity contribution >= 4 is 11.7 Å². The number of nitrogens with zero attached hydrogens (tertiary/aromatic N) is 1. The molecule has 1 aromatic rings. The van der Waals surface area contributed by atoms with Gasteiger partial charge < -0.3 is 15.2 Å². The maximum Gasteiger partial charge on any atom is 0.252 e. The Morgan fingerprint density at radius 3 is 3.16 bits per heavy atom. The lowest BCUT2D eigenvalue weighted by molar-refractivity contribution is -0.117. The van der Waals surface area contributed by atoms with Gasteiger partial charge in [-0.05, 0) is 24.5 Å². The quantitative estimate of drug-likeness (QED) is 0.881. The number of hydrogen-bond acceptors (Lipinski definition) is 4. The third-order valence-corrected chi connectivity index (χ3v) is 3.40. The Bertz CT molecular complexity index is 533. The molecule has 0 spiro atoms. The monoisotopic (exact) mass is 260 g/mol. The average Bonchev–Trinajstić information content (AvgIpc) is 2.88. The summed E-state index contributed by atoms with van der Waals surface area (Å²) >= 11 is 0. The minimum atomic E-state index is -0.207. The topological polar surface area (TPSA) is 73.9 Å². The van der Waals surface area contributed by atoms with Crippen LogP contribution in [-0.2, 0) is 16.0 Å². The van der Waals surface area contributed by atoms with Gasteiger partial charge in [0.05, 0.1) is 18.1 Å². The van der Waals surface area contributed by atoms with Crippen molar-refractivity contribution < 1.29 is 14.3 Å². The van der Waals surface area contributed by atoms with Gasteiger partial charge in [0.15, 0.2) is 0 Å². The van der Waals surface area contributed by atoms with E-state index in [1.807, 2.05) is 18.2 Å². The molecule has 1 aromatic carbocycles. The molecule has 2 aliphatic rings. The number of amides is 1. The van der Waals surface area contributed by atoms with Crippen LogP contribution in [0.1, 0.15) is 24.0 Å². The van der Waals surface area contributed by atoms with E-state index in [0.29, 0.717) is 12.4 Å². The van der Waals surface area contributed by atoms with Gasteiger partial charge in [0.25, 0.3) is 5.91 Å². The Morgan fingerprint density at radius 1 is 1.47 bits per heavy atom. The second kappa shape index (κ2) is 5.01. The van der Waals surface area contributed by atoms with Crippen LogP contribution in [0, 0.1) is 0 Å². The number of amidine groups is 1. The summed E-state index contributed by atoms with van der Waals surface area (Å²) in [6, 6.07) is 5.61. The number of carbonyl (C=O) groups excluding carboxylic acids is 1. The van der Waals surface area contributed by atoms with Crippen LogP contribution in [-0.4, -0.2) is 31.1 Å². The van der Waals surface area contributed by atoms with E-state index in [0.717, 1.165) is 30.6 Å². The van der Waals surface area contributed by atoms with Gasteiger partial charge in [-0.15, -0.1) is 0 Å². The summed E-state index contributed by atoms with van der Waals surface area (Å²) in [6.45, 7) is 1.32. The van der Waals surface area contributed by atoms with Crippen molar-refractivity contribution in [2.75, 3.05) is 13.2 Å². The first-order chi connectivity index (χ1) is 9.24. The van der Waals surface area contributed by atoms with Gasteiger partial charge in [-0.2, -0.15) is 4.99 Å². The van der Waals surface area contributed by atoms with Crippen molar-refractivity contribution in [1.29, 1.82) is 0 Å². The number of carbonyl (C=O) groups is 1. The van der Waals surface area contributed by atoms with E-state index in [1.165, 1.54) is 0 Å². The lowest BCUT2D eigenvalue weighted by atomic mass is 10.00. The summed E-state index contributed by atoms with van der Waals surface area (Å²) < 4.78 is 11.3. The van der Waals surface area contributed by atoms with E-state index in [9.17, 15) is 4.79 Å². The molecule has 2 heterocycles. The summed E-state index contributed by atoms with van der Waals surface area (Å²) in [7, 11) is 0. The van der Waals surface area contributed by atoms with Crippen molar-refractivity contribution in [3.05, 3.63) is 29.3 Å². The highest BCUT2D eigenvalue weighted by atomic mass is 16.5. The molecule has 0 bridgehead atoms. The van der Waals surface area contributed by atoms with Gasteiger partial charge in [-0.3, -0.25) is 4.79 Å². The van der Waals surface area contributed by atoms with Crippen LogP contribution < -0.4 is 10.5 Å². The van der Waals surface area contributed by atoms with Gasteiger partial charge in [0, 0.05) is 6.61 Å². The summed E-state index contributed by atoms with van der Waals surface area (Å²) in [5.74, 6) is 0.720. The van der Waals surface area contributed by atoms with Crippen molar-refractivity contribution in [3.63, 3.8) is 0 Å². The SMILES string of the molecule is NC1=NC(=O)Cc2cccc(OCC3CCCO3)c21. The van der Waals surface area contributed by atoms with Crippen LogP contribution in [0.2, 0.25) is 0 Å². The van der Waals surface area contributed by atoms with Crippen molar-refractivity contribution in [2.24, 2.45) is 10.7 Å². The third kappa shape index (κ3) is 2.46. The summed E-state index contributed by atoms with van der Waals surface area (Å²) in [6.07, 6.45) is 2.54. The van der Waals surface area contributed by atoms with Gasteiger partial charge in [-0.25, -0.2) is 0 Å². The van der Waals surface area contributed by atoms with Crippen LogP contribution in [0.15, 0.2) is 23.2 Å². The molecule has 2 N–H and O–H groups in total. The zero-order chi connectivity index (χ0) is 13.2. The Labute approximate surface area is 111 Å². The van der Waals surface area contributed by atoms with E-state index in [4.69, 9.17) is 15.2 Å². The number of benzene rings is 1. The predicted octanol–water partition coefficient (Wildman–Crippen LogP) is 1.03. The average molecular weight is 260 g/mol. The number of ether oxygens (including phenoxy) is 2. The maximum atomic E-state index is 11.4. The van der Waals surface area contributed by atoms with Crippen LogP contribution in [0.3, 0.4) is 0 Å². The molecule has 1 amide bonds. The molecular formula is C14H16N2O3. The zero-order valence-corrected chi connectivity index (χ0v) is 10.6. The Hall–Kier alpha value is -1.88. The van der Waals surface area contributed by atoms with Crippen LogP contribution >= 0.6 is 0 Å². The highest BCUT2D eigenvalue weighted by Gasteiger charge is 2.22. The largest absolute Gasteiger partial charge is 0.490 e. The van der Waals surface area contributed by atoms with Gasteiger partial charge in [0.2, 0.25) is 0 Å². The number of aliphatic imine (C=N–C) groups is 1. The minimum absolute atomic E-state index is 0.152. The van der Waals surface area contributed by atoms with Crippen LogP contribution in [0.5, 0.6) is 5.75 Å². The second-order valence-corrected chi connectivity index (χ2v) is 4.80. The van der Waals surface area contributed by atoms with Crippen molar-refractivity contribution in [3.8, 4) is 5.75 Å². The smallest absolute Gasteiger partial charge is 0.252 e. The number of rotatable bonds is 3. The zero-order valence-electron chi connectivity index (χ0n) is 10.6. The molecule has 0 saturated carbocycles. The van der Waals surface area contributed by atoms with E-state index in [-0.39, 0.29) is 24.3 Å². The van der Waals surface area contributed by atoms with E-state index in [1.54, 1.807) is 0 Å². The molecule has 5 heteroatoms. The molecule has 0 radical (unpaired) electrons. The molecule has 2 aliphatic heterocycles.